The van der Waals surface area contributed by atoms with E-state index in [0.717, 1.165) is 24.9 Å². The van der Waals surface area contributed by atoms with E-state index < -0.39 is 24.9 Å². The first-order valence-electron chi connectivity index (χ1n) is 8.45. The molecule has 2 heterocycles. The molecule has 1 aliphatic carbocycles. The first-order valence-corrected chi connectivity index (χ1v) is 8.45. The molecule has 26 heavy (non-hydrogen) atoms. The number of nitrogens with two attached hydrogens (primary N) is 1. The van der Waals surface area contributed by atoms with Crippen LogP contribution in [0.2, 0.25) is 0 Å². The third-order valence-electron chi connectivity index (χ3n) is 4.78. The summed E-state index contributed by atoms with van der Waals surface area (Å²) in [4.78, 5) is 22.0. The van der Waals surface area contributed by atoms with E-state index in [4.69, 9.17) is 5.73 Å². The number of carbonyl (C=O) groups is 1. The Hall–Kier alpha value is -1.61. The first kappa shape index (κ1) is 20.7. The van der Waals surface area contributed by atoms with Crippen LogP contribution in [-0.2, 0) is 11.3 Å². The Kier molecular flexibility index (Phi) is 6.68. The zero-order chi connectivity index (χ0) is 18.0. The molecular formula is C16H23ClF3N5O. The molecule has 1 saturated carbocycles. The number of nitrogen functional groups attached to an aromatic ring is 1. The lowest BCUT2D eigenvalue weighted by Gasteiger charge is -2.19. The maximum absolute atomic E-state index is 12.3. The number of anilines is 1. The summed E-state index contributed by atoms with van der Waals surface area (Å²) in [6, 6.07) is -0.0945. The SMILES string of the molecule is Cl.Nc1ncc(CN2C[C@H](NC(=O)CCC(F)(F)F)[C@@H](C3CC3)C2)cn1. The number of nitrogens with one attached hydrogen (secondary N) is 1. The lowest BCUT2D eigenvalue weighted by Crippen LogP contribution is -2.41. The quantitative estimate of drug-likeness (QED) is 0.773. The molecule has 1 aromatic rings. The molecule has 10 heteroatoms. The molecule has 1 aliphatic heterocycles. The minimum absolute atomic E-state index is 0. The predicted octanol–water partition coefficient (Wildman–Crippen LogP) is 2.15. The van der Waals surface area contributed by atoms with E-state index in [0.29, 0.717) is 24.9 Å². The molecule has 0 spiro atoms. The highest BCUT2D eigenvalue weighted by Crippen LogP contribution is 2.41. The Bertz CT molecular complexity index is 609. The van der Waals surface area contributed by atoms with Crippen molar-refractivity contribution in [2.45, 2.75) is 44.4 Å². The fraction of sp³-hybridized carbons (Fsp3) is 0.688. The van der Waals surface area contributed by atoms with Gasteiger partial charge < -0.3 is 11.1 Å². The molecule has 146 valence electrons. The van der Waals surface area contributed by atoms with Gasteiger partial charge >= 0.3 is 6.18 Å². The molecule has 3 N–H and O–H groups in total. The summed E-state index contributed by atoms with van der Waals surface area (Å²) in [5, 5.41) is 2.82. The van der Waals surface area contributed by atoms with Crippen molar-refractivity contribution in [1.82, 2.24) is 20.2 Å². The summed E-state index contributed by atoms with van der Waals surface area (Å²) in [5.41, 5.74) is 6.40. The number of nitrogens with zero attached hydrogens (tertiary/aromatic N) is 3. The van der Waals surface area contributed by atoms with Crippen molar-refractivity contribution < 1.29 is 18.0 Å². The molecule has 2 aliphatic rings. The molecule has 0 unspecified atom stereocenters. The second-order valence-electron chi connectivity index (χ2n) is 6.93. The van der Waals surface area contributed by atoms with Crippen molar-refractivity contribution in [3.63, 3.8) is 0 Å². The molecule has 0 bridgehead atoms. The number of aromatic nitrogens is 2. The van der Waals surface area contributed by atoms with Gasteiger partial charge in [0.05, 0.1) is 6.42 Å². The van der Waals surface area contributed by atoms with Gasteiger partial charge in [0.2, 0.25) is 11.9 Å². The Morgan fingerprint density at radius 1 is 1.27 bits per heavy atom. The zero-order valence-electron chi connectivity index (χ0n) is 14.2. The van der Waals surface area contributed by atoms with E-state index in [1.165, 1.54) is 0 Å². The molecule has 0 radical (unpaired) electrons. The van der Waals surface area contributed by atoms with Crippen LogP contribution in [0.3, 0.4) is 0 Å². The molecule has 1 amide bonds. The number of likely N-dealkylation sites (tertiary alicyclic amines) is 1. The number of hydrogen-bond donors (Lipinski definition) is 2. The van der Waals surface area contributed by atoms with Gasteiger partial charge in [0.15, 0.2) is 0 Å². The van der Waals surface area contributed by atoms with E-state index in [2.05, 4.69) is 20.2 Å². The average molecular weight is 394 g/mol. The van der Waals surface area contributed by atoms with Gasteiger partial charge in [-0.1, -0.05) is 0 Å². The summed E-state index contributed by atoms with van der Waals surface area (Å²) >= 11 is 0. The number of alkyl halides is 3. The van der Waals surface area contributed by atoms with Gasteiger partial charge in [-0.15, -0.1) is 12.4 Å². The first-order chi connectivity index (χ1) is 11.8. The van der Waals surface area contributed by atoms with Crippen LogP contribution in [0.5, 0.6) is 0 Å². The fourth-order valence-electron chi connectivity index (χ4n) is 3.44. The van der Waals surface area contributed by atoms with E-state index in [1.54, 1.807) is 12.4 Å². The number of carbonyl (C=O) groups excluding carboxylic acids is 1. The van der Waals surface area contributed by atoms with Crippen molar-refractivity contribution in [3.05, 3.63) is 18.0 Å². The third-order valence-corrected chi connectivity index (χ3v) is 4.78. The maximum Gasteiger partial charge on any atom is 0.389 e. The van der Waals surface area contributed by atoms with Crippen LogP contribution in [0.1, 0.15) is 31.2 Å². The van der Waals surface area contributed by atoms with E-state index in [9.17, 15) is 18.0 Å². The topological polar surface area (TPSA) is 84.1 Å². The van der Waals surface area contributed by atoms with Crippen LogP contribution in [0.4, 0.5) is 19.1 Å². The fourth-order valence-corrected chi connectivity index (χ4v) is 3.44. The van der Waals surface area contributed by atoms with E-state index in [1.807, 2.05) is 0 Å². The molecule has 6 nitrogen and oxygen atoms in total. The molecule has 3 rings (SSSR count). The van der Waals surface area contributed by atoms with Gasteiger partial charge in [-0.2, -0.15) is 13.2 Å². The molecule has 1 aromatic heterocycles. The van der Waals surface area contributed by atoms with Crippen molar-refractivity contribution in [2.75, 3.05) is 18.8 Å². The van der Waals surface area contributed by atoms with Crippen molar-refractivity contribution >= 4 is 24.3 Å². The number of hydrogen-bond acceptors (Lipinski definition) is 5. The van der Waals surface area contributed by atoms with Crippen molar-refractivity contribution in [2.24, 2.45) is 11.8 Å². The van der Waals surface area contributed by atoms with E-state index >= 15 is 0 Å². The molecular weight excluding hydrogens is 371 g/mol. The predicted molar refractivity (Wildman–Crippen MR) is 92.4 cm³/mol. The van der Waals surface area contributed by atoms with Crippen LogP contribution in [0.25, 0.3) is 0 Å². The van der Waals surface area contributed by atoms with Gasteiger partial charge in [-0.05, 0) is 24.7 Å². The number of amides is 1. The van der Waals surface area contributed by atoms with Gasteiger partial charge in [0.1, 0.15) is 0 Å². The van der Waals surface area contributed by atoms with Crippen LogP contribution in [0, 0.1) is 11.8 Å². The maximum atomic E-state index is 12.3. The minimum Gasteiger partial charge on any atom is -0.368 e. The third kappa shape index (κ3) is 5.98. The molecule has 2 atom stereocenters. The highest BCUT2D eigenvalue weighted by atomic mass is 35.5. The second-order valence-corrected chi connectivity index (χ2v) is 6.93. The Morgan fingerprint density at radius 3 is 2.50 bits per heavy atom. The van der Waals surface area contributed by atoms with Crippen molar-refractivity contribution in [1.29, 1.82) is 0 Å². The van der Waals surface area contributed by atoms with Crippen LogP contribution in [-0.4, -0.2) is 46.1 Å². The van der Waals surface area contributed by atoms with Crippen LogP contribution < -0.4 is 11.1 Å². The lowest BCUT2D eigenvalue weighted by molar-refractivity contribution is -0.144. The smallest absolute Gasteiger partial charge is 0.368 e. The number of rotatable bonds is 6. The second kappa shape index (κ2) is 8.39. The van der Waals surface area contributed by atoms with E-state index in [-0.39, 0.29) is 24.4 Å². The largest absolute Gasteiger partial charge is 0.389 e. The summed E-state index contributed by atoms with van der Waals surface area (Å²) in [7, 11) is 0. The van der Waals surface area contributed by atoms with Gasteiger partial charge in [-0.25, -0.2) is 9.97 Å². The lowest BCUT2D eigenvalue weighted by atomic mass is 9.98. The average Bonchev–Trinajstić information content (AvgIpc) is 3.30. The highest BCUT2D eigenvalue weighted by Gasteiger charge is 2.43. The normalized spacial score (nSPS) is 23.5. The van der Waals surface area contributed by atoms with Gasteiger partial charge in [-0.3, -0.25) is 9.69 Å². The standard InChI is InChI=1S/C16H22F3N5O.ClH/c17-16(18,19)4-3-14(25)23-13-9-24(8-12(13)11-1-2-11)7-10-5-21-15(20)22-6-10;/h5-6,11-13H,1-4,7-9H2,(H,23,25)(H2,20,21,22);1H/t12-,13+;/m1./s1. The highest BCUT2D eigenvalue weighted by molar-refractivity contribution is 5.85. The molecule has 0 aromatic carbocycles. The minimum atomic E-state index is -4.30. The zero-order valence-corrected chi connectivity index (χ0v) is 15.0. The molecule has 1 saturated heterocycles. The van der Waals surface area contributed by atoms with Gasteiger partial charge in [0.25, 0.3) is 0 Å². The summed E-state index contributed by atoms with van der Waals surface area (Å²) in [5.74, 6) is 0.548. The van der Waals surface area contributed by atoms with Crippen LogP contribution >= 0.6 is 12.4 Å². The monoisotopic (exact) mass is 393 g/mol. The Labute approximate surface area is 156 Å². The summed E-state index contributed by atoms with van der Waals surface area (Å²) in [6.07, 6.45) is -0.302. The van der Waals surface area contributed by atoms with Gasteiger partial charge in [0, 0.05) is 50.1 Å². The number of halogens is 4. The summed E-state index contributed by atoms with van der Waals surface area (Å²) in [6.45, 7) is 2.08. The Balaban J connectivity index is 0.00000243. The Morgan fingerprint density at radius 2 is 1.92 bits per heavy atom. The van der Waals surface area contributed by atoms with Crippen LogP contribution in [0.15, 0.2) is 12.4 Å². The summed E-state index contributed by atoms with van der Waals surface area (Å²) < 4.78 is 36.8. The molecule has 2 fully saturated rings. The van der Waals surface area contributed by atoms with Crippen molar-refractivity contribution in [3.8, 4) is 0 Å².